The second kappa shape index (κ2) is 7.58. The summed E-state index contributed by atoms with van der Waals surface area (Å²) >= 11 is 0. The van der Waals surface area contributed by atoms with Gasteiger partial charge in [-0.1, -0.05) is 24.3 Å². The molecule has 4 aliphatic heterocycles. The summed E-state index contributed by atoms with van der Waals surface area (Å²) in [5.74, 6) is -0.339. The molecule has 0 atom stereocenters. The third-order valence-corrected chi connectivity index (χ3v) is 7.36. The number of carboxylic acids is 1. The smallest absolute Gasteiger partial charge is 0.317 e. The van der Waals surface area contributed by atoms with E-state index in [2.05, 4.69) is 45.4 Å². The van der Waals surface area contributed by atoms with E-state index in [0.717, 1.165) is 37.1 Å². The van der Waals surface area contributed by atoms with Crippen molar-refractivity contribution in [2.24, 2.45) is 5.41 Å². The van der Waals surface area contributed by atoms with Gasteiger partial charge >= 0.3 is 5.97 Å². The zero-order valence-corrected chi connectivity index (χ0v) is 16.9. The highest BCUT2D eigenvalue weighted by Crippen LogP contribution is 2.41. The molecule has 0 radical (unpaired) electrons. The normalized spacial score (nSPS) is 28.5. The van der Waals surface area contributed by atoms with Crippen molar-refractivity contribution in [2.75, 3.05) is 39.3 Å². The first-order valence-corrected chi connectivity index (χ1v) is 10.9. The van der Waals surface area contributed by atoms with Gasteiger partial charge in [0.2, 0.25) is 0 Å². The Morgan fingerprint density at radius 2 is 1.90 bits per heavy atom. The highest BCUT2D eigenvalue weighted by atomic mass is 16.4. The number of aliphatic carboxylic acids is 1. The highest BCUT2D eigenvalue weighted by Gasteiger charge is 2.37. The molecule has 4 aliphatic rings. The summed E-state index contributed by atoms with van der Waals surface area (Å²) in [5, 5.41) is 18.1. The van der Waals surface area contributed by atoms with Gasteiger partial charge in [-0.15, -0.1) is 0 Å². The van der Waals surface area contributed by atoms with Gasteiger partial charge in [0.15, 0.2) is 0 Å². The van der Waals surface area contributed by atoms with E-state index in [1.807, 2.05) is 4.90 Å². The lowest BCUT2D eigenvalue weighted by Gasteiger charge is -2.47. The number of hydrogen-bond acceptors (Lipinski definition) is 4. The van der Waals surface area contributed by atoms with Crippen molar-refractivity contribution in [1.29, 1.82) is 0 Å². The number of fused-ring (bicyclic) bond motifs is 4. The van der Waals surface area contributed by atoms with Crippen LogP contribution < -0.4 is 0 Å². The van der Waals surface area contributed by atoms with Crippen LogP contribution in [0.1, 0.15) is 49.3 Å². The average Bonchev–Trinajstić information content (AvgIpc) is 3.17. The van der Waals surface area contributed by atoms with Crippen molar-refractivity contribution in [3.8, 4) is 0 Å². The van der Waals surface area contributed by atoms with E-state index >= 15 is 0 Å². The molecule has 4 saturated heterocycles. The third kappa shape index (κ3) is 3.83. The lowest BCUT2D eigenvalue weighted by Crippen LogP contribution is -2.47. The Balaban J connectivity index is 1.29. The van der Waals surface area contributed by atoms with Crippen LogP contribution >= 0.6 is 0 Å². The standard InChI is InChI=1S/C23H30N4O2/c28-21(29)16-27-10-4-18(5-11-27)22-19-2-1-17(15-20(19)24-25-22)3-6-23-7-12-26(13-8-23)14-9-23/h1-3,6,15,18H,4-5,7-14,16H2,(H,24,25)(H,28,29)/b6-3+. The van der Waals surface area contributed by atoms with Crippen LogP contribution in [0.15, 0.2) is 24.3 Å². The number of nitrogens with zero attached hydrogens (tertiary/aromatic N) is 3. The Hall–Kier alpha value is -2.18. The summed E-state index contributed by atoms with van der Waals surface area (Å²) in [6.45, 7) is 5.54. The fourth-order valence-electron chi connectivity index (χ4n) is 5.40. The molecule has 1 aromatic carbocycles. The van der Waals surface area contributed by atoms with Crippen molar-refractivity contribution in [2.45, 2.75) is 38.0 Å². The molecule has 0 unspecified atom stereocenters. The van der Waals surface area contributed by atoms with Gasteiger partial charge in [0.25, 0.3) is 0 Å². The number of aromatic amines is 1. The van der Waals surface area contributed by atoms with Crippen LogP contribution in [0, 0.1) is 5.41 Å². The number of likely N-dealkylation sites (tertiary alicyclic amines) is 1. The maximum Gasteiger partial charge on any atom is 0.317 e. The molecule has 6 nitrogen and oxygen atoms in total. The minimum absolute atomic E-state index is 0.142. The molecule has 2 bridgehead atoms. The topological polar surface area (TPSA) is 72.5 Å². The van der Waals surface area contributed by atoms with E-state index in [9.17, 15) is 4.79 Å². The van der Waals surface area contributed by atoms with Gasteiger partial charge in [0.05, 0.1) is 17.8 Å². The molecule has 6 rings (SSSR count). The van der Waals surface area contributed by atoms with Gasteiger partial charge in [-0.2, -0.15) is 5.10 Å². The van der Waals surface area contributed by atoms with Gasteiger partial charge in [-0.25, -0.2) is 0 Å². The first kappa shape index (κ1) is 18.8. The van der Waals surface area contributed by atoms with Crippen molar-refractivity contribution >= 4 is 22.9 Å². The molecule has 5 heterocycles. The first-order chi connectivity index (χ1) is 14.1. The number of carboxylic acid groups (broad SMARTS) is 1. The van der Waals surface area contributed by atoms with E-state index in [0.29, 0.717) is 11.3 Å². The van der Waals surface area contributed by atoms with E-state index < -0.39 is 5.97 Å². The molecular weight excluding hydrogens is 364 g/mol. The van der Waals surface area contributed by atoms with E-state index in [4.69, 9.17) is 5.11 Å². The molecule has 29 heavy (non-hydrogen) atoms. The van der Waals surface area contributed by atoms with Crippen molar-refractivity contribution in [3.63, 3.8) is 0 Å². The summed E-state index contributed by atoms with van der Waals surface area (Å²) in [7, 11) is 0. The van der Waals surface area contributed by atoms with E-state index in [1.54, 1.807) is 0 Å². The molecule has 4 fully saturated rings. The second-order valence-corrected chi connectivity index (χ2v) is 9.15. The number of piperidine rings is 4. The average molecular weight is 395 g/mol. The molecular formula is C23H30N4O2. The minimum Gasteiger partial charge on any atom is -0.480 e. The molecule has 0 spiro atoms. The molecule has 1 aromatic heterocycles. The first-order valence-electron chi connectivity index (χ1n) is 10.9. The fraction of sp³-hybridized carbons (Fsp3) is 0.565. The van der Waals surface area contributed by atoms with Crippen LogP contribution in [0.4, 0.5) is 0 Å². The van der Waals surface area contributed by atoms with Crippen LogP contribution in [-0.4, -0.2) is 70.3 Å². The zero-order valence-electron chi connectivity index (χ0n) is 16.9. The summed E-state index contributed by atoms with van der Waals surface area (Å²) in [6, 6.07) is 6.64. The number of H-pyrrole nitrogens is 1. The SMILES string of the molecule is O=C(O)CN1CCC(c2n[nH]c3cc(/C=C/C45CCN(CC4)CC5)ccc23)CC1. The van der Waals surface area contributed by atoms with E-state index in [-0.39, 0.29) is 6.54 Å². The Morgan fingerprint density at radius 1 is 1.17 bits per heavy atom. The van der Waals surface area contributed by atoms with Gasteiger partial charge in [-0.3, -0.25) is 14.8 Å². The van der Waals surface area contributed by atoms with Gasteiger partial charge < -0.3 is 10.0 Å². The Kier molecular flexibility index (Phi) is 4.92. The number of rotatable bonds is 5. The number of allylic oxidation sites excluding steroid dienone is 1. The number of hydrogen-bond donors (Lipinski definition) is 2. The number of nitrogens with one attached hydrogen (secondary N) is 1. The van der Waals surface area contributed by atoms with Crippen molar-refractivity contribution in [1.82, 2.24) is 20.0 Å². The fourth-order valence-corrected chi connectivity index (χ4v) is 5.40. The van der Waals surface area contributed by atoms with Gasteiger partial charge in [0.1, 0.15) is 0 Å². The lowest BCUT2D eigenvalue weighted by molar-refractivity contribution is -0.138. The summed E-state index contributed by atoms with van der Waals surface area (Å²) in [5.41, 5.74) is 3.90. The third-order valence-electron chi connectivity index (χ3n) is 7.36. The second-order valence-electron chi connectivity index (χ2n) is 9.15. The molecule has 0 saturated carbocycles. The van der Waals surface area contributed by atoms with Gasteiger partial charge in [0, 0.05) is 11.3 Å². The predicted octanol–water partition coefficient (Wildman–Crippen LogP) is 3.33. The predicted molar refractivity (Wildman–Crippen MR) is 114 cm³/mol. The maximum atomic E-state index is 10.9. The van der Waals surface area contributed by atoms with Crippen LogP contribution in [0.2, 0.25) is 0 Å². The summed E-state index contributed by atoms with van der Waals surface area (Å²) in [6.07, 6.45) is 10.6. The molecule has 6 heteroatoms. The molecule has 2 aromatic rings. The van der Waals surface area contributed by atoms with Crippen molar-refractivity contribution < 1.29 is 9.90 Å². The zero-order chi connectivity index (χ0) is 19.8. The van der Waals surface area contributed by atoms with Crippen LogP contribution in [0.3, 0.4) is 0 Å². The van der Waals surface area contributed by atoms with E-state index in [1.165, 1.54) is 49.8 Å². The molecule has 0 aliphatic carbocycles. The van der Waals surface area contributed by atoms with Gasteiger partial charge in [-0.05, 0) is 81.9 Å². The lowest BCUT2D eigenvalue weighted by atomic mass is 9.72. The van der Waals surface area contributed by atoms with Crippen LogP contribution in [0.5, 0.6) is 0 Å². The largest absolute Gasteiger partial charge is 0.480 e. The number of carbonyl (C=O) groups is 1. The minimum atomic E-state index is -0.743. The Bertz CT molecular complexity index is 904. The van der Waals surface area contributed by atoms with Crippen molar-refractivity contribution in [3.05, 3.63) is 35.5 Å². The Labute approximate surface area is 171 Å². The molecule has 154 valence electrons. The summed E-state index contributed by atoms with van der Waals surface area (Å²) < 4.78 is 0. The number of benzene rings is 1. The highest BCUT2D eigenvalue weighted by molar-refractivity contribution is 5.84. The molecule has 0 amide bonds. The van der Waals surface area contributed by atoms with Crippen LogP contribution in [0.25, 0.3) is 17.0 Å². The monoisotopic (exact) mass is 394 g/mol. The molecule has 2 N–H and O–H groups in total. The van der Waals surface area contributed by atoms with Crippen LogP contribution in [-0.2, 0) is 4.79 Å². The Morgan fingerprint density at radius 3 is 2.59 bits per heavy atom. The number of aromatic nitrogens is 2. The maximum absolute atomic E-state index is 10.9. The summed E-state index contributed by atoms with van der Waals surface area (Å²) in [4.78, 5) is 15.5. The quantitative estimate of drug-likeness (QED) is 0.814.